The molecule has 0 spiro atoms. The number of carboxylic acid groups (broad SMARTS) is 1. The van der Waals surface area contributed by atoms with Crippen molar-refractivity contribution in [3.8, 4) is 0 Å². The van der Waals surface area contributed by atoms with Crippen LogP contribution in [0.4, 0.5) is 5.69 Å². The number of benzene rings is 3. The molecule has 1 aliphatic rings. The van der Waals surface area contributed by atoms with E-state index in [2.05, 4.69) is 50.2 Å². The average molecular weight is 497 g/mol. The minimum atomic E-state index is -1.10. The molecule has 0 aliphatic heterocycles. The van der Waals surface area contributed by atoms with Gasteiger partial charge in [-0.2, -0.15) is 0 Å². The van der Waals surface area contributed by atoms with Crippen LogP contribution in [0, 0.1) is 6.92 Å². The lowest BCUT2D eigenvalue weighted by Crippen LogP contribution is -2.23. The smallest absolute Gasteiger partial charge is 0.337 e. The quantitative estimate of drug-likeness (QED) is 0.394. The SMILES string of the molecule is Cc1ccc(SNC2Cc3ccccc3C2)cc1C(=O)Nc1ccc(Br)cc1C(=O)O. The number of anilines is 1. The lowest BCUT2D eigenvalue weighted by atomic mass is 10.1. The molecule has 7 heteroatoms. The molecule has 0 atom stereocenters. The van der Waals surface area contributed by atoms with Gasteiger partial charge in [0.15, 0.2) is 0 Å². The minimum absolute atomic E-state index is 0.0355. The molecule has 3 N–H and O–H groups in total. The molecular formula is C24H21BrN2O3S. The number of aromatic carboxylic acids is 1. The van der Waals surface area contributed by atoms with Crippen molar-refractivity contribution in [2.24, 2.45) is 0 Å². The number of rotatable bonds is 6. The molecule has 0 unspecified atom stereocenters. The van der Waals surface area contributed by atoms with E-state index in [1.807, 2.05) is 25.1 Å². The molecular weight excluding hydrogens is 476 g/mol. The number of carbonyl (C=O) groups excluding carboxylic acids is 1. The summed E-state index contributed by atoms with van der Waals surface area (Å²) in [5.74, 6) is -1.43. The van der Waals surface area contributed by atoms with E-state index in [1.165, 1.54) is 29.1 Å². The summed E-state index contributed by atoms with van der Waals surface area (Å²) in [5, 5.41) is 12.2. The lowest BCUT2D eigenvalue weighted by Gasteiger charge is -2.14. The van der Waals surface area contributed by atoms with E-state index in [4.69, 9.17) is 0 Å². The van der Waals surface area contributed by atoms with Crippen molar-refractivity contribution in [1.82, 2.24) is 4.72 Å². The zero-order valence-electron chi connectivity index (χ0n) is 16.8. The van der Waals surface area contributed by atoms with Crippen LogP contribution in [-0.4, -0.2) is 23.0 Å². The van der Waals surface area contributed by atoms with Crippen LogP contribution in [0.2, 0.25) is 0 Å². The van der Waals surface area contributed by atoms with Crippen molar-refractivity contribution in [3.05, 3.63) is 93.0 Å². The molecule has 5 nitrogen and oxygen atoms in total. The van der Waals surface area contributed by atoms with Gasteiger partial charge in [0.2, 0.25) is 0 Å². The number of hydrogen-bond acceptors (Lipinski definition) is 4. The summed E-state index contributed by atoms with van der Waals surface area (Å²) in [5.41, 5.74) is 4.40. The van der Waals surface area contributed by atoms with Crippen molar-refractivity contribution < 1.29 is 14.7 Å². The summed E-state index contributed by atoms with van der Waals surface area (Å²) in [7, 11) is 0. The zero-order chi connectivity index (χ0) is 22.0. The van der Waals surface area contributed by atoms with Gasteiger partial charge in [-0.25, -0.2) is 4.79 Å². The zero-order valence-corrected chi connectivity index (χ0v) is 19.2. The van der Waals surface area contributed by atoms with Crippen molar-refractivity contribution in [2.75, 3.05) is 5.32 Å². The number of carboxylic acids is 1. The Morgan fingerprint density at radius 2 is 1.71 bits per heavy atom. The lowest BCUT2D eigenvalue weighted by molar-refractivity contribution is 0.0698. The molecule has 0 saturated carbocycles. The van der Waals surface area contributed by atoms with E-state index in [9.17, 15) is 14.7 Å². The van der Waals surface area contributed by atoms with Crippen LogP contribution in [0.3, 0.4) is 0 Å². The summed E-state index contributed by atoms with van der Waals surface area (Å²) in [6.45, 7) is 1.87. The Morgan fingerprint density at radius 3 is 2.39 bits per heavy atom. The summed E-state index contributed by atoms with van der Waals surface area (Å²) in [6, 6.07) is 19.3. The van der Waals surface area contributed by atoms with Gasteiger partial charge in [-0.1, -0.05) is 46.3 Å². The first-order valence-corrected chi connectivity index (χ1v) is 11.5. The van der Waals surface area contributed by atoms with E-state index in [0.29, 0.717) is 16.1 Å². The molecule has 0 aromatic heterocycles. The third-order valence-electron chi connectivity index (χ3n) is 5.31. The first kappa shape index (κ1) is 21.6. The maximum Gasteiger partial charge on any atom is 0.337 e. The monoisotopic (exact) mass is 496 g/mol. The van der Waals surface area contributed by atoms with Gasteiger partial charge in [0, 0.05) is 21.0 Å². The van der Waals surface area contributed by atoms with Crippen molar-refractivity contribution >= 4 is 45.4 Å². The van der Waals surface area contributed by atoms with E-state index >= 15 is 0 Å². The van der Waals surface area contributed by atoms with Gasteiger partial charge in [-0.15, -0.1) is 0 Å². The second-order valence-corrected chi connectivity index (χ2v) is 9.35. The second-order valence-electron chi connectivity index (χ2n) is 7.52. The Kier molecular flexibility index (Phi) is 6.46. The fourth-order valence-corrected chi connectivity index (χ4v) is 4.84. The summed E-state index contributed by atoms with van der Waals surface area (Å²) in [4.78, 5) is 25.4. The number of amides is 1. The third-order valence-corrected chi connectivity index (χ3v) is 6.74. The van der Waals surface area contributed by atoms with Gasteiger partial charge in [0.25, 0.3) is 5.91 Å². The molecule has 1 aliphatic carbocycles. The normalized spacial score (nSPS) is 13.1. The maximum absolute atomic E-state index is 12.9. The largest absolute Gasteiger partial charge is 0.478 e. The Bertz CT molecular complexity index is 1140. The van der Waals surface area contributed by atoms with E-state index in [1.54, 1.807) is 12.1 Å². The van der Waals surface area contributed by atoms with Gasteiger partial charge in [0.05, 0.1) is 11.3 Å². The molecule has 1 amide bonds. The standard InChI is InChI=1S/C24H21BrN2O3S/c1-14-6-8-19(31-27-18-10-15-4-2-3-5-16(15)11-18)13-20(14)23(28)26-22-9-7-17(25)12-21(22)24(29)30/h2-9,12-13,18,27H,10-11H2,1H3,(H,26,28)(H,29,30). The van der Waals surface area contributed by atoms with Crippen LogP contribution in [-0.2, 0) is 12.8 Å². The highest BCUT2D eigenvalue weighted by molar-refractivity contribution is 9.10. The van der Waals surface area contributed by atoms with Gasteiger partial charge in [-0.05, 0) is 78.7 Å². The predicted octanol–water partition coefficient (Wildman–Crippen LogP) is 5.47. The van der Waals surface area contributed by atoms with Gasteiger partial charge in [0.1, 0.15) is 0 Å². The number of carbonyl (C=O) groups is 2. The fraction of sp³-hybridized carbons (Fsp3) is 0.167. The Balaban J connectivity index is 1.46. The highest BCUT2D eigenvalue weighted by Crippen LogP contribution is 2.27. The summed E-state index contributed by atoms with van der Waals surface area (Å²) >= 11 is 4.78. The molecule has 0 saturated heterocycles. The number of hydrogen-bond donors (Lipinski definition) is 3. The predicted molar refractivity (Wildman–Crippen MR) is 127 cm³/mol. The number of nitrogens with one attached hydrogen (secondary N) is 2. The molecule has 0 bridgehead atoms. The average Bonchev–Trinajstić information content (AvgIpc) is 3.17. The van der Waals surface area contributed by atoms with Crippen molar-refractivity contribution in [1.29, 1.82) is 0 Å². The number of halogens is 1. The topological polar surface area (TPSA) is 78.4 Å². The summed E-state index contributed by atoms with van der Waals surface area (Å²) in [6.07, 6.45) is 1.98. The molecule has 0 heterocycles. The Labute approximate surface area is 193 Å². The van der Waals surface area contributed by atoms with E-state index in [0.717, 1.165) is 23.3 Å². The number of aryl methyl sites for hydroxylation is 1. The van der Waals surface area contributed by atoms with Gasteiger partial charge >= 0.3 is 5.97 Å². The second kappa shape index (κ2) is 9.26. The van der Waals surface area contributed by atoms with Crippen molar-refractivity contribution in [2.45, 2.75) is 30.7 Å². The highest BCUT2D eigenvalue weighted by atomic mass is 79.9. The highest BCUT2D eigenvalue weighted by Gasteiger charge is 2.21. The van der Waals surface area contributed by atoms with Crippen LogP contribution in [0.25, 0.3) is 0 Å². The van der Waals surface area contributed by atoms with Crippen molar-refractivity contribution in [3.63, 3.8) is 0 Å². The maximum atomic E-state index is 12.9. The molecule has 31 heavy (non-hydrogen) atoms. The molecule has 3 aromatic carbocycles. The Morgan fingerprint density at radius 1 is 1.00 bits per heavy atom. The Hall–Kier alpha value is -2.61. The first-order chi connectivity index (χ1) is 14.9. The molecule has 158 valence electrons. The third kappa shape index (κ3) is 5.01. The fourth-order valence-electron chi connectivity index (χ4n) is 3.69. The first-order valence-electron chi connectivity index (χ1n) is 9.84. The molecule has 0 fully saturated rings. The van der Waals surface area contributed by atoms with Crippen LogP contribution in [0.1, 0.15) is 37.4 Å². The van der Waals surface area contributed by atoms with E-state index in [-0.39, 0.29) is 17.2 Å². The molecule has 0 radical (unpaired) electrons. The van der Waals surface area contributed by atoms with Gasteiger partial charge in [-0.3, -0.25) is 9.52 Å². The van der Waals surface area contributed by atoms with E-state index < -0.39 is 5.97 Å². The van der Waals surface area contributed by atoms with Crippen LogP contribution in [0.5, 0.6) is 0 Å². The molecule has 4 rings (SSSR count). The molecule has 3 aromatic rings. The van der Waals surface area contributed by atoms with Crippen LogP contribution >= 0.6 is 27.9 Å². The number of fused-ring (bicyclic) bond motifs is 1. The van der Waals surface area contributed by atoms with Crippen LogP contribution in [0.15, 0.2) is 70.0 Å². The summed E-state index contributed by atoms with van der Waals surface area (Å²) < 4.78 is 4.15. The van der Waals surface area contributed by atoms with Gasteiger partial charge < -0.3 is 10.4 Å². The van der Waals surface area contributed by atoms with Crippen LogP contribution < -0.4 is 10.0 Å². The minimum Gasteiger partial charge on any atom is -0.478 e.